The zero-order valence-corrected chi connectivity index (χ0v) is 8.12. The van der Waals surface area contributed by atoms with Crippen LogP contribution in [0.25, 0.3) is 6.08 Å². The van der Waals surface area contributed by atoms with E-state index in [4.69, 9.17) is 5.11 Å². The van der Waals surface area contributed by atoms with Crippen LogP contribution < -0.4 is 5.56 Å². The molecule has 0 saturated carbocycles. The van der Waals surface area contributed by atoms with E-state index in [1.165, 1.54) is 6.08 Å². The molecule has 78 valence electrons. The number of pyridine rings is 1. The standard InChI is InChI=1S/C11H11NO3/c13-10(14)5-4-8-6-7-2-1-3-9(7)12-11(8)15/h4-6H,1-3H2,(H,12,15)(H,13,14)/b5-4+. The lowest BCUT2D eigenvalue weighted by Gasteiger charge is -1.99. The molecule has 4 nitrogen and oxygen atoms in total. The Morgan fingerprint density at radius 2 is 2.27 bits per heavy atom. The number of nitrogens with one attached hydrogen (secondary N) is 1. The molecule has 15 heavy (non-hydrogen) atoms. The Bertz CT molecular complexity index is 485. The van der Waals surface area contributed by atoms with Crippen molar-refractivity contribution in [3.05, 3.63) is 39.3 Å². The van der Waals surface area contributed by atoms with E-state index in [1.807, 2.05) is 0 Å². The third-order valence-electron chi connectivity index (χ3n) is 2.52. The Labute approximate surface area is 86.3 Å². The Balaban J connectivity index is 2.41. The number of aromatic amines is 1. The lowest BCUT2D eigenvalue weighted by molar-refractivity contribution is -0.131. The van der Waals surface area contributed by atoms with Crippen LogP contribution >= 0.6 is 0 Å². The number of aromatic nitrogens is 1. The van der Waals surface area contributed by atoms with Crippen LogP contribution in [0.2, 0.25) is 0 Å². The lowest BCUT2D eigenvalue weighted by Crippen LogP contribution is -2.12. The summed E-state index contributed by atoms with van der Waals surface area (Å²) < 4.78 is 0. The zero-order valence-electron chi connectivity index (χ0n) is 8.12. The van der Waals surface area contributed by atoms with Crippen molar-refractivity contribution >= 4 is 12.0 Å². The number of aliphatic carboxylic acids is 1. The summed E-state index contributed by atoms with van der Waals surface area (Å²) >= 11 is 0. The van der Waals surface area contributed by atoms with Crippen LogP contribution in [-0.4, -0.2) is 16.1 Å². The van der Waals surface area contributed by atoms with Crippen LogP contribution in [0.3, 0.4) is 0 Å². The van der Waals surface area contributed by atoms with Crippen molar-refractivity contribution in [1.29, 1.82) is 0 Å². The minimum Gasteiger partial charge on any atom is -0.478 e. The highest BCUT2D eigenvalue weighted by molar-refractivity contribution is 5.85. The van der Waals surface area contributed by atoms with Gasteiger partial charge in [-0.25, -0.2) is 4.79 Å². The third-order valence-corrected chi connectivity index (χ3v) is 2.52. The highest BCUT2D eigenvalue weighted by Crippen LogP contribution is 2.18. The van der Waals surface area contributed by atoms with Crippen molar-refractivity contribution in [2.75, 3.05) is 0 Å². The first-order chi connectivity index (χ1) is 7.16. The number of aryl methyl sites for hydroxylation is 2. The molecule has 0 bridgehead atoms. The van der Waals surface area contributed by atoms with E-state index in [2.05, 4.69) is 4.98 Å². The average molecular weight is 205 g/mol. The number of hydrogen-bond acceptors (Lipinski definition) is 2. The first-order valence-corrected chi connectivity index (χ1v) is 4.83. The van der Waals surface area contributed by atoms with Crippen LogP contribution in [0, 0.1) is 0 Å². The fourth-order valence-electron chi connectivity index (χ4n) is 1.82. The van der Waals surface area contributed by atoms with Crippen LogP contribution in [0.4, 0.5) is 0 Å². The van der Waals surface area contributed by atoms with Gasteiger partial charge in [0.1, 0.15) is 0 Å². The summed E-state index contributed by atoms with van der Waals surface area (Å²) in [7, 11) is 0. The van der Waals surface area contributed by atoms with Gasteiger partial charge in [-0.15, -0.1) is 0 Å². The zero-order chi connectivity index (χ0) is 10.8. The summed E-state index contributed by atoms with van der Waals surface area (Å²) in [5.41, 5.74) is 2.32. The first kappa shape index (κ1) is 9.71. The van der Waals surface area contributed by atoms with Crippen molar-refractivity contribution in [2.24, 2.45) is 0 Å². The Morgan fingerprint density at radius 3 is 3.00 bits per heavy atom. The number of carbonyl (C=O) groups is 1. The second kappa shape index (κ2) is 3.73. The molecular formula is C11H11NO3. The molecule has 1 aliphatic rings. The van der Waals surface area contributed by atoms with Gasteiger partial charge in [0.25, 0.3) is 5.56 Å². The molecule has 0 atom stereocenters. The van der Waals surface area contributed by atoms with Gasteiger partial charge in [0.2, 0.25) is 0 Å². The van der Waals surface area contributed by atoms with Crippen molar-refractivity contribution in [2.45, 2.75) is 19.3 Å². The molecule has 0 aliphatic heterocycles. The smallest absolute Gasteiger partial charge is 0.328 e. The molecule has 0 aromatic carbocycles. The summed E-state index contributed by atoms with van der Waals surface area (Å²) in [6.07, 6.45) is 5.23. The quantitative estimate of drug-likeness (QED) is 0.706. The number of H-pyrrole nitrogens is 1. The maximum atomic E-state index is 11.5. The van der Waals surface area contributed by atoms with Gasteiger partial charge >= 0.3 is 5.97 Å². The molecule has 0 spiro atoms. The predicted molar refractivity (Wildman–Crippen MR) is 55.8 cm³/mol. The summed E-state index contributed by atoms with van der Waals surface area (Å²) in [5.74, 6) is -1.05. The van der Waals surface area contributed by atoms with E-state index in [0.717, 1.165) is 36.6 Å². The van der Waals surface area contributed by atoms with Crippen LogP contribution in [0.5, 0.6) is 0 Å². The Kier molecular flexibility index (Phi) is 2.41. The number of carboxylic acid groups (broad SMARTS) is 1. The summed E-state index contributed by atoms with van der Waals surface area (Å²) in [6, 6.07) is 1.78. The number of hydrogen-bond donors (Lipinski definition) is 2. The van der Waals surface area contributed by atoms with Crippen molar-refractivity contribution in [3.8, 4) is 0 Å². The van der Waals surface area contributed by atoms with E-state index >= 15 is 0 Å². The maximum absolute atomic E-state index is 11.5. The Morgan fingerprint density at radius 1 is 1.47 bits per heavy atom. The molecule has 0 unspecified atom stereocenters. The monoisotopic (exact) mass is 205 g/mol. The van der Waals surface area contributed by atoms with Crippen molar-refractivity contribution in [3.63, 3.8) is 0 Å². The van der Waals surface area contributed by atoms with E-state index in [9.17, 15) is 9.59 Å². The van der Waals surface area contributed by atoms with Gasteiger partial charge in [0.15, 0.2) is 0 Å². The average Bonchev–Trinajstić information content (AvgIpc) is 2.60. The number of carboxylic acids is 1. The molecule has 0 fully saturated rings. The molecule has 0 amide bonds. The second-order valence-corrected chi connectivity index (χ2v) is 3.58. The maximum Gasteiger partial charge on any atom is 0.328 e. The van der Waals surface area contributed by atoms with E-state index in [1.54, 1.807) is 6.07 Å². The Hall–Kier alpha value is -1.84. The normalized spacial score (nSPS) is 14.4. The minimum atomic E-state index is -1.05. The molecule has 1 aromatic rings. The summed E-state index contributed by atoms with van der Waals surface area (Å²) in [4.78, 5) is 24.6. The van der Waals surface area contributed by atoms with E-state index in [-0.39, 0.29) is 5.56 Å². The molecule has 4 heteroatoms. The largest absolute Gasteiger partial charge is 0.478 e. The van der Waals surface area contributed by atoms with Gasteiger partial charge in [-0.2, -0.15) is 0 Å². The molecule has 1 aliphatic carbocycles. The van der Waals surface area contributed by atoms with Gasteiger partial charge in [0.05, 0.1) is 0 Å². The fraction of sp³-hybridized carbons (Fsp3) is 0.273. The molecule has 2 N–H and O–H groups in total. The molecule has 1 aromatic heterocycles. The molecule has 2 rings (SSSR count). The number of rotatable bonds is 2. The van der Waals surface area contributed by atoms with E-state index in [0.29, 0.717) is 5.56 Å². The highest BCUT2D eigenvalue weighted by Gasteiger charge is 2.12. The summed E-state index contributed by atoms with van der Waals surface area (Å²) in [5, 5.41) is 8.46. The van der Waals surface area contributed by atoms with Gasteiger partial charge in [-0.3, -0.25) is 4.79 Å². The van der Waals surface area contributed by atoms with Gasteiger partial charge in [0, 0.05) is 17.3 Å². The highest BCUT2D eigenvalue weighted by atomic mass is 16.4. The first-order valence-electron chi connectivity index (χ1n) is 4.83. The van der Waals surface area contributed by atoms with Gasteiger partial charge < -0.3 is 10.1 Å². The van der Waals surface area contributed by atoms with Crippen molar-refractivity contribution in [1.82, 2.24) is 4.98 Å². The van der Waals surface area contributed by atoms with Gasteiger partial charge in [-0.1, -0.05) is 0 Å². The fourth-order valence-corrected chi connectivity index (χ4v) is 1.82. The minimum absolute atomic E-state index is 0.215. The van der Waals surface area contributed by atoms with Crippen LogP contribution in [0.1, 0.15) is 23.2 Å². The van der Waals surface area contributed by atoms with Gasteiger partial charge in [-0.05, 0) is 37.0 Å². The topological polar surface area (TPSA) is 70.2 Å². The van der Waals surface area contributed by atoms with Crippen molar-refractivity contribution < 1.29 is 9.90 Å². The molecular weight excluding hydrogens is 194 g/mol. The third kappa shape index (κ3) is 1.98. The number of fused-ring (bicyclic) bond motifs is 1. The SMILES string of the molecule is O=C(O)/C=C/c1cc2c([nH]c1=O)CCC2. The molecule has 0 saturated heterocycles. The predicted octanol–water partition coefficient (Wildman–Crippen LogP) is 0.961. The van der Waals surface area contributed by atoms with E-state index < -0.39 is 5.97 Å². The second-order valence-electron chi connectivity index (χ2n) is 3.58. The molecule has 0 radical (unpaired) electrons. The lowest BCUT2D eigenvalue weighted by atomic mass is 10.1. The van der Waals surface area contributed by atoms with Crippen LogP contribution in [-0.2, 0) is 17.6 Å². The van der Waals surface area contributed by atoms with Crippen LogP contribution in [0.15, 0.2) is 16.9 Å². The summed E-state index contributed by atoms with van der Waals surface area (Å²) in [6.45, 7) is 0. The molecule has 1 heterocycles.